The summed E-state index contributed by atoms with van der Waals surface area (Å²) in [5.41, 5.74) is 0.720. The van der Waals surface area contributed by atoms with E-state index in [4.69, 9.17) is 9.47 Å². The van der Waals surface area contributed by atoms with Gasteiger partial charge < -0.3 is 24.7 Å². The number of hydrogen-bond donors (Lipinski definition) is 2. The molecule has 4 heterocycles. The number of ether oxygens (including phenoxy) is 2. The monoisotopic (exact) mass is 499 g/mol. The van der Waals surface area contributed by atoms with Gasteiger partial charge in [-0.2, -0.15) is 0 Å². The largest absolute Gasteiger partial charge is 0.480 e. The van der Waals surface area contributed by atoms with E-state index >= 15 is 0 Å². The quantitative estimate of drug-likeness (QED) is 0.512. The number of carbonyl (C=O) groups excluding carboxylic acids is 1. The molecule has 5 rings (SSSR count). The number of fused-ring (bicyclic) bond motifs is 2. The molecule has 3 aromatic rings. The normalized spacial score (nSPS) is 20.1. The molecule has 0 bridgehead atoms. The highest BCUT2D eigenvalue weighted by Crippen LogP contribution is 2.25. The van der Waals surface area contributed by atoms with Crippen molar-refractivity contribution in [2.75, 3.05) is 38.7 Å². The number of likely N-dealkylation sites (tertiary alicyclic amines) is 1. The molecule has 0 saturated carbocycles. The molecule has 2 aliphatic heterocycles. The Balaban J connectivity index is 1.20. The van der Waals surface area contributed by atoms with Crippen LogP contribution in [-0.4, -0.2) is 65.9 Å². The second kappa shape index (κ2) is 10.3. The minimum atomic E-state index is -0.714. The van der Waals surface area contributed by atoms with Crippen LogP contribution in [-0.2, 0) is 22.6 Å². The summed E-state index contributed by atoms with van der Waals surface area (Å²) in [6.07, 6.45) is 0.704. The van der Waals surface area contributed by atoms with Gasteiger partial charge in [0.2, 0.25) is 0 Å². The molecule has 0 radical (unpaired) electrons. The van der Waals surface area contributed by atoms with Crippen molar-refractivity contribution in [3.8, 4) is 5.75 Å². The number of benzene rings is 1. The molecule has 2 aliphatic rings. The summed E-state index contributed by atoms with van der Waals surface area (Å²) in [6, 6.07) is 8.44. The van der Waals surface area contributed by atoms with Crippen molar-refractivity contribution < 1.29 is 23.0 Å². The van der Waals surface area contributed by atoms with Crippen LogP contribution in [0, 0.1) is 11.6 Å². The first-order chi connectivity index (χ1) is 17.4. The van der Waals surface area contributed by atoms with Gasteiger partial charge in [-0.25, -0.2) is 13.8 Å². The van der Waals surface area contributed by atoms with Crippen LogP contribution in [0.25, 0.3) is 10.9 Å². The predicted molar refractivity (Wildman–Crippen MR) is 129 cm³/mol. The summed E-state index contributed by atoms with van der Waals surface area (Å²) < 4.78 is 40.5. The molecule has 0 spiro atoms. The summed E-state index contributed by atoms with van der Waals surface area (Å²) in [5.74, 6) is -0.653. The maximum Gasteiger partial charge on any atom is 0.263 e. The van der Waals surface area contributed by atoms with E-state index in [1.807, 2.05) is 6.07 Å². The Morgan fingerprint density at radius 1 is 1.19 bits per heavy atom. The second-order valence-corrected chi connectivity index (χ2v) is 8.98. The van der Waals surface area contributed by atoms with E-state index in [0.29, 0.717) is 37.7 Å². The van der Waals surface area contributed by atoms with Crippen molar-refractivity contribution >= 4 is 22.6 Å². The van der Waals surface area contributed by atoms with Gasteiger partial charge in [-0.3, -0.25) is 14.5 Å². The van der Waals surface area contributed by atoms with Gasteiger partial charge >= 0.3 is 0 Å². The lowest BCUT2D eigenvalue weighted by molar-refractivity contribution is -0.118. The standard InChI is InChI=1S/C25H27F2N5O4/c1-35-22-13-31(8-9-32-20-11-15(26)10-18(27)17(20)3-5-24(32)34)7-6-19(22)28-12-16-2-4-21-25(29-16)30-23(33)14-36-21/h2-5,10-11,19,22,28H,6-9,12-14H2,1H3,(H,29,30,33)/t19-,22?/m1/s1. The molecule has 2 atom stereocenters. The van der Waals surface area contributed by atoms with E-state index < -0.39 is 11.6 Å². The number of rotatable bonds is 7. The lowest BCUT2D eigenvalue weighted by Gasteiger charge is -2.38. The molecular formula is C25H27F2N5O4. The Morgan fingerprint density at radius 2 is 2.06 bits per heavy atom. The fourth-order valence-corrected chi connectivity index (χ4v) is 4.79. The van der Waals surface area contributed by atoms with Crippen molar-refractivity contribution in [2.45, 2.75) is 31.7 Å². The van der Waals surface area contributed by atoms with Gasteiger partial charge in [-0.15, -0.1) is 0 Å². The van der Waals surface area contributed by atoms with Crippen molar-refractivity contribution in [1.29, 1.82) is 0 Å². The molecule has 9 nitrogen and oxygen atoms in total. The molecule has 1 saturated heterocycles. The van der Waals surface area contributed by atoms with Crippen LogP contribution in [0.2, 0.25) is 0 Å². The van der Waals surface area contributed by atoms with E-state index in [1.54, 1.807) is 13.2 Å². The van der Waals surface area contributed by atoms with Gasteiger partial charge in [-0.05, 0) is 37.2 Å². The molecule has 1 aromatic carbocycles. The van der Waals surface area contributed by atoms with E-state index in [9.17, 15) is 18.4 Å². The topological polar surface area (TPSA) is 97.7 Å². The van der Waals surface area contributed by atoms with Crippen LogP contribution in [0.3, 0.4) is 0 Å². The third-order valence-electron chi connectivity index (χ3n) is 6.69. The fraction of sp³-hybridized carbons (Fsp3) is 0.400. The first-order valence-electron chi connectivity index (χ1n) is 11.8. The van der Waals surface area contributed by atoms with E-state index in [2.05, 4.69) is 20.5 Å². The molecule has 2 N–H and O–H groups in total. The summed E-state index contributed by atoms with van der Waals surface area (Å²) >= 11 is 0. The van der Waals surface area contributed by atoms with Crippen molar-refractivity contribution in [2.24, 2.45) is 0 Å². The third-order valence-corrected chi connectivity index (χ3v) is 6.69. The number of methoxy groups -OCH3 is 1. The highest BCUT2D eigenvalue weighted by atomic mass is 19.1. The zero-order valence-corrected chi connectivity index (χ0v) is 19.8. The summed E-state index contributed by atoms with van der Waals surface area (Å²) in [6.45, 7) is 2.73. The number of hydrogen-bond acceptors (Lipinski definition) is 7. The number of halogens is 2. The molecule has 2 aromatic heterocycles. The van der Waals surface area contributed by atoms with Gasteiger partial charge in [0.1, 0.15) is 11.6 Å². The Kier molecular flexibility index (Phi) is 6.95. The van der Waals surface area contributed by atoms with E-state index in [0.717, 1.165) is 24.7 Å². The van der Waals surface area contributed by atoms with Gasteiger partial charge in [-0.1, -0.05) is 0 Å². The number of carbonyl (C=O) groups is 1. The minimum Gasteiger partial charge on any atom is -0.480 e. The molecule has 1 fully saturated rings. The highest BCUT2D eigenvalue weighted by Gasteiger charge is 2.29. The lowest BCUT2D eigenvalue weighted by atomic mass is 10.0. The number of aromatic nitrogens is 2. The molecule has 11 heteroatoms. The van der Waals surface area contributed by atoms with Crippen molar-refractivity contribution in [1.82, 2.24) is 19.8 Å². The zero-order valence-electron chi connectivity index (χ0n) is 19.8. The van der Waals surface area contributed by atoms with Crippen molar-refractivity contribution in [3.63, 3.8) is 0 Å². The SMILES string of the molecule is COC1CN(CCn2c(=O)ccc3c(F)cc(F)cc32)CC[C@H]1NCc1ccc2c(n1)NC(=O)CO2. The number of amides is 1. The Hall–Kier alpha value is -3.41. The van der Waals surface area contributed by atoms with Gasteiger partial charge in [0, 0.05) is 56.8 Å². The fourth-order valence-electron chi connectivity index (χ4n) is 4.79. The number of piperidine rings is 1. The number of anilines is 1. The molecular weight excluding hydrogens is 472 g/mol. The summed E-state index contributed by atoms with van der Waals surface area (Å²) in [5, 5.41) is 6.42. The average Bonchev–Trinajstić information content (AvgIpc) is 2.86. The van der Waals surface area contributed by atoms with E-state index in [1.165, 1.54) is 22.8 Å². The zero-order chi connectivity index (χ0) is 25.2. The van der Waals surface area contributed by atoms with Crippen LogP contribution >= 0.6 is 0 Å². The Labute approximate surface area is 206 Å². The summed E-state index contributed by atoms with van der Waals surface area (Å²) in [7, 11) is 1.66. The minimum absolute atomic E-state index is 0.0106. The highest BCUT2D eigenvalue weighted by molar-refractivity contribution is 5.94. The first kappa shape index (κ1) is 24.3. The van der Waals surface area contributed by atoms with Crippen LogP contribution in [0.1, 0.15) is 12.1 Å². The van der Waals surface area contributed by atoms with Crippen LogP contribution in [0.4, 0.5) is 14.6 Å². The lowest BCUT2D eigenvalue weighted by Crippen LogP contribution is -2.53. The first-order valence-corrected chi connectivity index (χ1v) is 11.8. The average molecular weight is 500 g/mol. The Bertz CT molecular complexity index is 1350. The van der Waals surface area contributed by atoms with E-state index in [-0.39, 0.29) is 41.1 Å². The predicted octanol–water partition coefficient (Wildman–Crippen LogP) is 1.88. The molecule has 1 unspecified atom stereocenters. The molecule has 0 aliphatic carbocycles. The van der Waals surface area contributed by atoms with Gasteiger partial charge in [0.05, 0.1) is 17.3 Å². The van der Waals surface area contributed by atoms with Crippen LogP contribution in [0.15, 0.2) is 41.2 Å². The number of pyridine rings is 2. The van der Waals surface area contributed by atoms with Crippen LogP contribution in [0.5, 0.6) is 5.75 Å². The maximum absolute atomic E-state index is 14.2. The molecule has 36 heavy (non-hydrogen) atoms. The molecule has 1 amide bonds. The summed E-state index contributed by atoms with van der Waals surface area (Å²) in [4.78, 5) is 30.6. The number of nitrogens with zero attached hydrogens (tertiary/aromatic N) is 3. The van der Waals surface area contributed by atoms with Gasteiger partial charge in [0.15, 0.2) is 18.2 Å². The second-order valence-electron chi connectivity index (χ2n) is 8.98. The maximum atomic E-state index is 14.2. The molecule has 190 valence electrons. The smallest absolute Gasteiger partial charge is 0.263 e. The van der Waals surface area contributed by atoms with Crippen molar-refractivity contribution in [3.05, 3.63) is 64.1 Å². The third kappa shape index (κ3) is 5.08. The number of nitrogens with one attached hydrogen (secondary N) is 2. The van der Waals surface area contributed by atoms with Crippen LogP contribution < -0.4 is 20.9 Å². The Morgan fingerprint density at radius 3 is 2.89 bits per heavy atom. The van der Waals surface area contributed by atoms with Gasteiger partial charge in [0.25, 0.3) is 11.5 Å².